The molecule has 104 valence electrons. The number of rotatable bonds is 4. The second kappa shape index (κ2) is 5.88. The fourth-order valence-electron chi connectivity index (χ4n) is 2.35. The van der Waals surface area contributed by atoms with Crippen molar-refractivity contribution in [3.05, 3.63) is 28.3 Å². The van der Waals surface area contributed by atoms with E-state index in [1.165, 1.54) is 6.07 Å². The van der Waals surface area contributed by atoms with Crippen LogP contribution < -0.4 is 15.4 Å². The number of hydrogen-bond acceptors (Lipinski definition) is 5. The van der Waals surface area contributed by atoms with Gasteiger partial charge < -0.3 is 15.4 Å². The third kappa shape index (κ3) is 3.35. The molecule has 0 aromatic heterocycles. The van der Waals surface area contributed by atoms with Crippen LogP contribution in [0.25, 0.3) is 0 Å². The molecule has 1 aliphatic rings. The molecule has 0 bridgehead atoms. The molecule has 1 atom stereocenters. The van der Waals surface area contributed by atoms with Crippen LogP contribution >= 0.6 is 0 Å². The molecule has 0 aliphatic carbocycles. The highest BCUT2D eigenvalue weighted by molar-refractivity contribution is 5.58. The molecule has 19 heavy (non-hydrogen) atoms. The average Bonchev–Trinajstić information content (AvgIpc) is 2.38. The van der Waals surface area contributed by atoms with Crippen LogP contribution in [0, 0.1) is 10.1 Å². The summed E-state index contributed by atoms with van der Waals surface area (Å²) in [6.07, 6.45) is 2.01. The molecule has 1 fully saturated rings. The van der Waals surface area contributed by atoms with Gasteiger partial charge in [-0.25, -0.2) is 0 Å². The van der Waals surface area contributed by atoms with Crippen LogP contribution in [0.4, 0.5) is 11.4 Å². The van der Waals surface area contributed by atoms with Crippen molar-refractivity contribution in [2.24, 2.45) is 5.73 Å². The molecule has 1 unspecified atom stereocenters. The number of hydrogen-bond donors (Lipinski definition) is 1. The van der Waals surface area contributed by atoms with Gasteiger partial charge in [-0.3, -0.25) is 10.1 Å². The summed E-state index contributed by atoms with van der Waals surface area (Å²) in [5.41, 5.74) is 6.82. The van der Waals surface area contributed by atoms with Crippen molar-refractivity contribution >= 4 is 11.4 Å². The van der Waals surface area contributed by atoms with E-state index in [0.29, 0.717) is 12.4 Å². The molecule has 0 radical (unpaired) electrons. The van der Waals surface area contributed by atoms with E-state index in [4.69, 9.17) is 10.5 Å². The van der Waals surface area contributed by atoms with Crippen molar-refractivity contribution in [1.82, 2.24) is 0 Å². The van der Waals surface area contributed by atoms with E-state index in [9.17, 15) is 10.1 Å². The maximum atomic E-state index is 11.0. The van der Waals surface area contributed by atoms with Gasteiger partial charge in [0.1, 0.15) is 5.75 Å². The minimum Gasteiger partial charge on any atom is -0.494 e. The summed E-state index contributed by atoms with van der Waals surface area (Å²) >= 11 is 0. The molecule has 1 aromatic rings. The van der Waals surface area contributed by atoms with Gasteiger partial charge in [0.25, 0.3) is 5.69 Å². The maximum Gasteiger partial charge on any atom is 0.275 e. The Labute approximate surface area is 112 Å². The van der Waals surface area contributed by atoms with Crippen molar-refractivity contribution in [2.75, 3.05) is 24.6 Å². The number of nitro benzene ring substituents is 1. The molecule has 6 nitrogen and oxygen atoms in total. The molecule has 0 spiro atoms. The number of ether oxygens (including phenoxy) is 1. The summed E-state index contributed by atoms with van der Waals surface area (Å²) in [5.74, 6) is 0.533. The minimum absolute atomic E-state index is 0.0556. The summed E-state index contributed by atoms with van der Waals surface area (Å²) in [6, 6.07) is 5.01. The van der Waals surface area contributed by atoms with Gasteiger partial charge in [-0.05, 0) is 19.8 Å². The molecule has 1 aliphatic heterocycles. The molecule has 1 heterocycles. The van der Waals surface area contributed by atoms with Crippen LogP contribution in [0.15, 0.2) is 18.2 Å². The van der Waals surface area contributed by atoms with Crippen LogP contribution in [0.1, 0.15) is 19.8 Å². The van der Waals surface area contributed by atoms with E-state index in [2.05, 4.69) is 4.90 Å². The molecule has 2 rings (SSSR count). The normalized spacial score (nSPS) is 19.3. The Morgan fingerprint density at radius 3 is 2.95 bits per heavy atom. The highest BCUT2D eigenvalue weighted by Gasteiger charge is 2.20. The first-order valence-electron chi connectivity index (χ1n) is 6.53. The largest absolute Gasteiger partial charge is 0.494 e. The number of benzene rings is 1. The fourth-order valence-corrected chi connectivity index (χ4v) is 2.35. The SMILES string of the molecule is CCOc1cc(N2CCCC(N)C2)cc([N+](=O)[O-])c1. The Balaban J connectivity index is 2.29. The molecular formula is C13H19N3O3. The van der Waals surface area contributed by atoms with Crippen molar-refractivity contribution in [1.29, 1.82) is 0 Å². The van der Waals surface area contributed by atoms with Crippen molar-refractivity contribution in [3.8, 4) is 5.75 Å². The lowest BCUT2D eigenvalue weighted by Crippen LogP contribution is -2.42. The lowest BCUT2D eigenvalue weighted by molar-refractivity contribution is -0.384. The molecule has 2 N–H and O–H groups in total. The van der Waals surface area contributed by atoms with Gasteiger partial charge in [-0.15, -0.1) is 0 Å². The van der Waals surface area contributed by atoms with Gasteiger partial charge in [0.15, 0.2) is 0 Å². The third-order valence-electron chi connectivity index (χ3n) is 3.22. The second-order valence-corrected chi connectivity index (χ2v) is 4.72. The van der Waals surface area contributed by atoms with Gasteiger partial charge in [0.05, 0.1) is 17.6 Å². The van der Waals surface area contributed by atoms with Crippen LogP contribution in [0.2, 0.25) is 0 Å². The van der Waals surface area contributed by atoms with E-state index < -0.39 is 4.92 Å². The Kier molecular flexibility index (Phi) is 4.21. The Morgan fingerprint density at radius 2 is 2.32 bits per heavy atom. The summed E-state index contributed by atoms with van der Waals surface area (Å²) in [6.45, 7) is 3.95. The van der Waals surface area contributed by atoms with Gasteiger partial charge in [-0.1, -0.05) is 0 Å². The topological polar surface area (TPSA) is 81.6 Å². The van der Waals surface area contributed by atoms with Crippen LogP contribution in [-0.2, 0) is 0 Å². The number of anilines is 1. The summed E-state index contributed by atoms with van der Waals surface area (Å²) in [7, 11) is 0. The molecule has 0 saturated carbocycles. The Bertz CT molecular complexity index is 464. The highest BCUT2D eigenvalue weighted by Crippen LogP contribution is 2.30. The van der Waals surface area contributed by atoms with Gasteiger partial charge >= 0.3 is 0 Å². The van der Waals surface area contributed by atoms with E-state index in [1.54, 1.807) is 6.07 Å². The van der Waals surface area contributed by atoms with Crippen molar-refractivity contribution in [2.45, 2.75) is 25.8 Å². The zero-order valence-corrected chi connectivity index (χ0v) is 11.0. The minimum atomic E-state index is -0.393. The Hall–Kier alpha value is -1.82. The maximum absolute atomic E-state index is 11.0. The molecular weight excluding hydrogens is 246 g/mol. The van der Waals surface area contributed by atoms with Gasteiger partial charge in [-0.2, -0.15) is 0 Å². The number of piperidine rings is 1. The number of nitrogens with zero attached hydrogens (tertiary/aromatic N) is 2. The summed E-state index contributed by atoms with van der Waals surface area (Å²) < 4.78 is 5.39. The zero-order valence-electron chi connectivity index (χ0n) is 11.0. The summed E-state index contributed by atoms with van der Waals surface area (Å²) in [4.78, 5) is 12.7. The van der Waals surface area contributed by atoms with Crippen LogP contribution in [0.3, 0.4) is 0 Å². The Morgan fingerprint density at radius 1 is 1.53 bits per heavy atom. The predicted molar refractivity (Wildman–Crippen MR) is 73.7 cm³/mol. The lowest BCUT2D eigenvalue weighted by Gasteiger charge is -2.32. The first kappa shape index (κ1) is 13.6. The first-order chi connectivity index (χ1) is 9.10. The lowest BCUT2D eigenvalue weighted by atomic mass is 10.1. The van der Waals surface area contributed by atoms with Gasteiger partial charge in [0, 0.05) is 37.0 Å². The highest BCUT2D eigenvalue weighted by atomic mass is 16.6. The number of non-ortho nitro benzene ring substituents is 1. The smallest absolute Gasteiger partial charge is 0.275 e. The van der Waals surface area contributed by atoms with E-state index >= 15 is 0 Å². The molecule has 1 aromatic carbocycles. The average molecular weight is 265 g/mol. The van der Waals surface area contributed by atoms with Crippen molar-refractivity contribution in [3.63, 3.8) is 0 Å². The van der Waals surface area contributed by atoms with Crippen LogP contribution in [-0.4, -0.2) is 30.7 Å². The standard InChI is InChI=1S/C13H19N3O3/c1-2-19-13-7-11(6-12(8-13)16(17)18)15-5-3-4-10(14)9-15/h6-8,10H,2-5,9,14H2,1H3. The van der Waals surface area contributed by atoms with E-state index in [1.807, 2.05) is 13.0 Å². The molecule has 1 saturated heterocycles. The number of nitrogens with two attached hydrogens (primary N) is 1. The fraction of sp³-hybridized carbons (Fsp3) is 0.538. The van der Waals surface area contributed by atoms with Crippen LogP contribution in [0.5, 0.6) is 5.75 Å². The monoisotopic (exact) mass is 265 g/mol. The molecule has 6 heteroatoms. The first-order valence-corrected chi connectivity index (χ1v) is 6.53. The number of nitro groups is 1. The van der Waals surface area contributed by atoms with Crippen molar-refractivity contribution < 1.29 is 9.66 Å². The summed E-state index contributed by atoms with van der Waals surface area (Å²) in [5, 5.41) is 11.0. The third-order valence-corrected chi connectivity index (χ3v) is 3.22. The van der Waals surface area contributed by atoms with Gasteiger partial charge in [0.2, 0.25) is 0 Å². The van der Waals surface area contributed by atoms with E-state index in [0.717, 1.165) is 31.6 Å². The molecule has 0 amide bonds. The predicted octanol–water partition coefficient (Wildman–Crippen LogP) is 1.92. The zero-order chi connectivity index (χ0) is 13.8. The quantitative estimate of drug-likeness (QED) is 0.664. The second-order valence-electron chi connectivity index (χ2n) is 4.72. The van der Waals surface area contributed by atoms with E-state index in [-0.39, 0.29) is 11.7 Å².